The molecule has 3 atom stereocenters. The van der Waals surface area contributed by atoms with Crippen LogP contribution in [0, 0.1) is 5.92 Å². The molecule has 0 fully saturated rings. The Hall–Kier alpha value is -3.60. The van der Waals surface area contributed by atoms with Gasteiger partial charge in [0.15, 0.2) is 0 Å². The highest BCUT2D eigenvalue weighted by molar-refractivity contribution is 5.97. The monoisotopic (exact) mass is 427 g/mol. The topological polar surface area (TPSA) is 52.7 Å². The molecule has 1 aliphatic carbocycles. The number of hydrogen-bond acceptors (Lipinski definition) is 3. The van der Waals surface area contributed by atoms with Crippen molar-refractivity contribution in [3.05, 3.63) is 107 Å². The first-order chi connectivity index (χ1) is 15.4. The van der Waals surface area contributed by atoms with E-state index in [-0.39, 0.29) is 23.8 Å². The van der Waals surface area contributed by atoms with Gasteiger partial charge in [-0.15, -0.1) is 0 Å². The van der Waals surface area contributed by atoms with Crippen LogP contribution in [0.3, 0.4) is 0 Å². The van der Waals surface area contributed by atoms with Crippen LogP contribution >= 0.6 is 0 Å². The van der Waals surface area contributed by atoms with Crippen LogP contribution in [0.4, 0.5) is 0 Å². The Balaban J connectivity index is 1.55. The Morgan fingerprint density at radius 3 is 2.38 bits per heavy atom. The first-order valence-electron chi connectivity index (χ1n) is 10.9. The molecule has 164 valence electrons. The average Bonchev–Trinajstić information content (AvgIpc) is 3.13. The first kappa shape index (κ1) is 21.6. The number of nitrogens with zero attached hydrogens (tertiary/aromatic N) is 2. The quantitative estimate of drug-likeness (QED) is 0.762. The van der Waals surface area contributed by atoms with Gasteiger partial charge in [0.25, 0.3) is 5.91 Å². The van der Waals surface area contributed by atoms with Gasteiger partial charge >= 0.3 is 0 Å². The Morgan fingerprint density at radius 1 is 1.03 bits per heavy atom. The molecule has 32 heavy (non-hydrogen) atoms. The van der Waals surface area contributed by atoms with Gasteiger partial charge in [0.2, 0.25) is 5.91 Å². The van der Waals surface area contributed by atoms with Crippen LogP contribution in [0.2, 0.25) is 0 Å². The molecule has 0 radical (unpaired) electrons. The van der Waals surface area contributed by atoms with Crippen LogP contribution in [0.5, 0.6) is 0 Å². The summed E-state index contributed by atoms with van der Waals surface area (Å²) < 4.78 is 0. The molecule has 4 rings (SSSR count). The summed E-state index contributed by atoms with van der Waals surface area (Å²) in [5, 5.41) is 3.01. The van der Waals surface area contributed by atoms with Crippen LogP contribution in [0.25, 0.3) is 0 Å². The van der Waals surface area contributed by atoms with E-state index in [2.05, 4.69) is 30.5 Å². The van der Waals surface area contributed by atoms with Crippen molar-refractivity contribution in [1.29, 1.82) is 0 Å². The highest BCUT2D eigenvalue weighted by Gasteiger charge is 2.35. The van der Waals surface area contributed by atoms with E-state index in [0.29, 0.717) is 12.2 Å². The molecule has 5 nitrogen and oxygen atoms in total. The molecule has 2 aromatic rings. The number of benzene rings is 2. The Morgan fingerprint density at radius 2 is 1.69 bits per heavy atom. The predicted molar refractivity (Wildman–Crippen MR) is 126 cm³/mol. The summed E-state index contributed by atoms with van der Waals surface area (Å²) in [6.45, 7) is 2.53. The zero-order valence-corrected chi connectivity index (χ0v) is 18.7. The lowest BCUT2D eigenvalue weighted by atomic mass is 9.94. The number of carbonyl (C=O) groups excluding carboxylic acids is 2. The molecule has 0 saturated heterocycles. The van der Waals surface area contributed by atoms with E-state index in [1.54, 1.807) is 11.9 Å². The van der Waals surface area contributed by atoms with Crippen molar-refractivity contribution in [1.82, 2.24) is 15.1 Å². The molecule has 1 heterocycles. The lowest BCUT2D eigenvalue weighted by Gasteiger charge is -2.29. The van der Waals surface area contributed by atoms with Crippen molar-refractivity contribution < 1.29 is 9.59 Å². The Bertz CT molecular complexity index is 1070. The number of amides is 2. The Labute approximate surface area is 189 Å². The zero-order valence-electron chi connectivity index (χ0n) is 18.7. The zero-order chi connectivity index (χ0) is 22.7. The van der Waals surface area contributed by atoms with Gasteiger partial charge in [0.05, 0.1) is 11.7 Å². The molecule has 3 unspecified atom stereocenters. The van der Waals surface area contributed by atoms with Crippen LogP contribution in [0.1, 0.15) is 24.1 Å². The molecule has 1 aliphatic heterocycles. The second-order valence-electron chi connectivity index (χ2n) is 8.50. The standard InChI is InChI=1S/C27H29N3O2/c1-19-14-15-23-22(16-19)17-24(30(23)3)26(31)28-25(21-12-8-5-9-13-21)27(32)29(2)18-20-10-6-4-7-11-20/h4-17,22-23,25H,18H2,1-3H3,(H,28,31). The van der Waals surface area contributed by atoms with Gasteiger partial charge in [-0.2, -0.15) is 0 Å². The van der Waals surface area contributed by atoms with Crippen molar-refractivity contribution in [2.24, 2.45) is 5.92 Å². The fourth-order valence-electron chi connectivity index (χ4n) is 4.36. The van der Waals surface area contributed by atoms with E-state index >= 15 is 0 Å². The molecule has 2 amide bonds. The number of nitrogens with one attached hydrogen (secondary N) is 1. The summed E-state index contributed by atoms with van der Waals surface area (Å²) in [4.78, 5) is 30.4. The largest absolute Gasteiger partial charge is 0.363 e. The third-order valence-electron chi connectivity index (χ3n) is 6.11. The van der Waals surface area contributed by atoms with Crippen LogP contribution in [0.15, 0.2) is 96.2 Å². The minimum atomic E-state index is -0.762. The highest BCUT2D eigenvalue weighted by Crippen LogP contribution is 2.32. The molecular weight excluding hydrogens is 398 g/mol. The van der Waals surface area contributed by atoms with Crippen LogP contribution in [-0.2, 0) is 16.1 Å². The van der Waals surface area contributed by atoms with Gasteiger partial charge in [-0.05, 0) is 24.1 Å². The minimum absolute atomic E-state index is 0.131. The van der Waals surface area contributed by atoms with Crippen molar-refractivity contribution in [2.75, 3.05) is 14.1 Å². The molecule has 0 bridgehead atoms. The van der Waals surface area contributed by atoms with E-state index in [4.69, 9.17) is 0 Å². The normalized spacial score (nSPS) is 20.2. The van der Waals surface area contributed by atoms with Crippen LogP contribution < -0.4 is 5.32 Å². The second kappa shape index (κ2) is 9.27. The molecule has 5 heteroatoms. The summed E-state index contributed by atoms with van der Waals surface area (Å²) in [5.74, 6) is -0.225. The SMILES string of the molecule is CC1=CC2C=C(C(=O)NC(C(=O)N(C)Cc3ccccc3)c3ccccc3)N(C)C2C=C1. The maximum atomic E-state index is 13.4. The third-order valence-corrected chi connectivity index (χ3v) is 6.11. The fraction of sp³-hybridized carbons (Fsp3) is 0.259. The van der Waals surface area contributed by atoms with E-state index in [1.807, 2.05) is 78.7 Å². The fourth-order valence-corrected chi connectivity index (χ4v) is 4.36. The number of rotatable bonds is 6. The van der Waals surface area contributed by atoms with E-state index < -0.39 is 6.04 Å². The number of fused-ring (bicyclic) bond motifs is 1. The summed E-state index contributed by atoms with van der Waals surface area (Å²) in [7, 11) is 3.70. The summed E-state index contributed by atoms with van der Waals surface area (Å²) >= 11 is 0. The van der Waals surface area contributed by atoms with E-state index in [1.165, 1.54) is 5.57 Å². The summed E-state index contributed by atoms with van der Waals surface area (Å²) in [6, 6.07) is 18.6. The van der Waals surface area contributed by atoms with Crippen molar-refractivity contribution >= 4 is 11.8 Å². The number of likely N-dealkylation sites (N-methyl/N-ethyl adjacent to an activating group) is 2. The summed E-state index contributed by atoms with van der Waals surface area (Å²) in [5.41, 5.74) is 3.59. The number of allylic oxidation sites excluding steroid dienone is 2. The number of hydrogen-bond donors (Lipinski definition) is 1. The third kappa shape index (κ3) is 4.52. The van der Waals surface area contributed by atoms with Crippen molar-refractivity contribution in [3.8, 4) is 0 Å². The molecule has 2 aliphatic rings. The van der Waals surface area contributed by atoms with Crippen molar-refractivity contribution in [3.63, 3.8) is 0 Å². The van der Waals surface area contributed by atoms with Gasteiger partial charge in [-0.3, -0.25) is 9.59 Å². The Kier molecular flexibility index (Phi) is 6.26. The van der Waals surface area contributed by atoms with Gasteiger partial charge in [-0.1, -0.05) is 84.5 Å². The highest BCUT2D eigenvalue weighted by atomic mass is 16.2. The predicted octanol–water partition coefficient (Wildman–Crippen LogP) is 3.83. The smallest absolute Gasteiger partial charge is 0.268 e. The molecule has 2 aromatic carbocycles. The molecular formula is C27H29N3O2. The lowest BCUT2D eigenvalue weighted by Crippen LogP contribution is -2.43. The molecule has 0 aromatic heterocycles. The van der Waals surface area contributed by atoms with Gasteiger partial charge in [0, 0.05) is 26.6 Å². The molecule has 0 spiro atoms. The van der Waals surface area contributed by atoms with Crippen molar-refractivity contribution in [2.45, 2.75) is 25.6 Å². The molecule has 0 saturated carbocycles. The molecule has 1 N–H and O–H groups in total. The second-order valence-corrected chi connectivity index (χ2v) is 8.50. The van der Waals surface area contributed by atoms with Gasteiger partial charge in [0.1, 0.15) is 6.04 Å². The van der Waals surface area contributed by atoms with Crippen LogP contribution in [-0.4, -0.2) is 41.8 Å². The first-order valence-corrected chi connectivity index (χ1v) is 10.9. The van der Waals surface area contributed by atoms with E-state index in [0.717, 1.165) is 11.1 Å². The van der Waals surface area contributed by atoms with Gasteiger partial charge < -0.3 is 15.1 Å². The van der Waals surface area contributed by atoms with E-state index in [9.17, 15) is 9.59 Å². The minimum Gasteiger partial charge on any atom is -0.363 e. The maximum absolute atomic E-state index is 13.4. The maximum Gasteiger partial charge on any atom is 0.268 e. The van der Waals surface area contributed by atoms with Gasteiger partial charge in [-0.25, -0.2) is 0 Å². The summed E-state index contributed by atoms with van der Waals surface area (Å²) in [6.07, 6.45) is 8.38. The lowest BCUT2D eigenvalue weighted by molar-refractivity contribution is -0.135. The average molecular weight is 428 g/mol. The number of carbonyl (C=O) groups is 2.